The van der Waals surface area contributed by atoms with Gasteiger partial charge in [-0.1, -0.05) is 18.2 Å². The molecule has 0 bridgehead atoms. The Labute approximate surface area is 153 Å². The summed E-state index contributed by atoms with van der Waals surface area (Å²) in [7, 11) is 0. The molecule has 1 amide bonds. The third-order valence-electron chi connectivity index (χ3n) is 4.22. The van der Waals surface area contributed by atoms with Gasteiger partial charge in [-0.25, -0.2) is 24.6 Å². The lowest BCUT2D eigenvalue weighted by Gasteiger charge is -2.23. The Bertz CT molecular complexity index is 1150. The number of rotatable bonds is 2. The third-order valence-corrected chi connectivity index (χ3v) is 4.48. The van der Waals surface area contributed by atoms with Gasteiger partial charge in [0.05, 0.1) is 11.9 Å². The van der Waals surface area contributed by atoms with Gasteiger partial charge in [0.25, 0.3) is 0 Å². The first-order valence-corrected chi connectivity index (χ1v) is 8.24. The normalized spacial score (nSPS) is 11.2. The number of hydrogen-bond acceptors (Lipinski definition) is 4. The summed E-state index contributed by atoms with van der Waals surface area (Å²) in [5.41, 5.74) is 3.71. The minimum atomic E-state index is -1.14. The van der Waals surface area contributed by atoms with Crippen LogP contribution in [0.3, 0.4) is 0 Å². The van der Waals surface area contributed by atoms with Gasteiger partial charge in [-0.05, 0) is 48.7 Å². The van der Waals surface area contributed by atoms with E-state index < -0.39 is 6.09 Å². The Balaban J connectivity index is 2.12. The largest absolute Gasteiger partial charge is 0.464 e. The predicted octanol–water partition coefficient (Wildman–Crippen LogP) is 4.36. The molecule has 0 fully saturated rings. The van der Waals surface area contributed by atoms with Crippen molar-refractivity contribution in [3.63, 3.8) is 0 Å². The summed E-state index contributed by atoms with van der Waals surface area (Å²) in [5, 5.41) is 10.2. The Morgan fingerprint density at radius 1 is 1.15 bits per heavy atom. The summed E-state index contributed by atoms with van der Waals surface area (Å²) in [4.78, 5) is 26.4. The van der Waals surface area contributed by atoms with E-state index in [1.165, 1.54) is 11.1 Å². The number of nitrogens with zero attached hydrogens (tertiary/aromatic N) is 5. The number of carboxylic acid groups (broad SMARTS) is 1. The number of para-hydroxylation sites is 1. The number of anilines is 2. The number of aromatic nitrogens is 4. The summed E-state index contributed by atoms with van der Waals surface area (Å²) in [6, 6.07) is 9.10. The van der Waals surface area contributed by atoms with Gasteiger partial charge in [0, 0.05) is 6.20 Å². The molecule has 3 aromatic heterocycles. The fourth-order valence-corrected chi connectivity index (χ4v) is 3.34. The van der Waals surface area contributed by atoms with Crippen LogP contribution >= 0.6 is 11.6 Å². The van der Waals surface area contributed by atoms with Crippen molar-refractivity contribution in [1.29, 1.82) is 0 Å². The summed E-state index contributed by atoms with van der Waals surface area (Å²) < 4.78 is 1.60. The average molecular weight is 368 g/mol. The number of hydrogen-bond donors (Lipinski definition) is 1. The molecule has 4 rings (SSSR count). The van der Waals surface area contributed by atoms with E-state index in [2.05, 4.69) is 15.0 Å². The van der Waals surface area contributed by atoms with Crippen molar-refractivity contribution in [3.8, 4) is 0 Å². The van der Waals surface area contributed by atoms with Gasteiger partial charge in [-0.15, -0.1) is 0 Å². The SMILES string of the molecule is Cc1cccc(C)c1N(C(=O)O)c1nc2cccnc2n2c(Cl)ncc12. The highest BCUT2D eigenvalue weighted by Gasteiger charge is 2.26. The van der Waals surface area contributed by atoms with Gasteiger partial charge in [0.15, 0.2) is 11.5 Å². The Kier molecular flexibility index (Phi) is 3.73. The molecule has 26 heavy (non-hydrogen) atoms. The van der Waals surface area contributed by atoms with Crippen molar-refractivity contribution >= 4 is 45.9 Å². The molecule has 0 aliphatic heterocycles. The maximum absolute atomic E-state index is 12.2. The van der Waals surface area contributed by atoms with E-state index in [0.29, 0.717) is 22.4 Å². The molecule has 7 nitrogen and oxygen atoms in total. The van der Waals surface area contributed by atoms with Crippen molar-refractivity contribution in [2.24, 2.45) is 0 Å². The lowest BCUT2D eigenvalue weighted by atomic mass is 10.1. The first kappa shape index (κ1) is 16.3. The molecule has 0 unspecified atom stereocenters. The van der Waals surface area contributed by atoms with Crippen molar-refractivity contribution in [2.45, 2.75) is 13.8 Å². The standard InChI is InChI=1S/C18H14ClN5O2/c1-10-5-3-6-11(2)14(10)24(18(25)26)16-13-9-21-17(19)23(13)15-12(22-16)7-4-8-20-15/h3-9H,1-2H3,(H,25,26). The van der Waals surface area contributed by atoms with E-state index in [1.807, 2.05) is 32.0 Å². The van der Waals surface area contributed by atoms with Crippen molar-refractivity contribution in [1.82, 2.24) is 19.4 Å². The van der Waals surface area contributed by atoms with Crippen LogP contribution in [0, 0.1) is 13.8 Å². The van der Waals surface area contributed by atoms with Crippen LogP contribution in [-0.4, -0.2) is 30.6 Å². The predicted molar refractivity (Wildman–Crippen MR) is 99.4 cm³/mol. The maximum atomic E-state index is 12.2. The van der Waals surface area contributed by atoms with E-state index in [9.17, 15) is 9.90 Å². The third kappa shape index (κ3) is 2.36. The minimum absolute atomic E-state index is 0.194. The highest BCUT2D eigenvalue weighted by atomic mass is 35.5. The fraction of sp³-hybridized carbons (Fsp3) is 0.111. The molecule has 0 saturated heterocycles. The molecule has 1 N–H and O–H groups in total. The molecule has 130 valence electrons. The van der Waals surface area contributed by atoms with Crippen LogP contribution in [0.4, 0.5) is 16.3 Å². The highest BCUT2D eigenvalue weighted by Crippen LogP contribution is 2.35. The number of fused-ring (bicyclic) bond motifs is 3. The number of halogens is 1. The van der Waals surface area contributed by atoms with E-state index >= 15 is 0 Å². The van der Waals surface area contributed by atoms with Gasteiger partial charge < -0.3 is 5.11 Å². The fourth-order valence-electron chi connectivity index (χ4n) is 3.12. The Hall–Kier alpha value is -3.19. The quantitative estimate of drug-likeness (QED) is 0.569. The number of amides is 1. The summed E-state index contributed by atoms with van der Waals surface area (Å²) in [6.45, 7) is 3.73. The number of carbonyl (C=O) groups is 1. The molecule has 0 saturated carbocycles. The van der Waals surface area contributed by atoms with Crippen LogP contribution in [0.15, 0.2) is 42.7 Å². The van der Waals surface area contributed by atoms with Crippen LogP contribution in [0.5, 0.6) is 0 Å². The van der Waals surface area contributed by atoms with Crippen molar-refractivity contribution < 1.29 is 9.90 Å². The van der Waals surface area contributed by atoms with Gasteiger partial charge in [-0.3, -0.25) is 4.40 Å². The minimum Gasteiger partial charge on any atom is -0.464 e. The maximum Gasteiger partial charge on any atom is 0.417 e. The lowest BCUT2D eigenvalue weighted by molar-refractivity contribution is 0.204. The zero-order valence-electron chi connectivity index (χ0n) is 14.0. The highest BCUT2D eigenvalue weighted by molar-refractivity contribution is 6.29. The molecule has 1 aromatic carbocycles. The molecule has 0 radical (unpaired) electrons. The molecular weight excluding hydrogens is 354 g/mol. The van der Waals surface area contributed by atoms with Crippen molar-refractivity contribution in [2.75, 3.05) is 4.90 Å². The van der Waals surface area contributed by atoms with E-state index in [-0.39, 0.29) is 11.1 Å². The van der Waals surface area contributed by atoms with Gasteiger partial charge in [0.2, 0.25) is 5.28 Å². The molecule has 0 aliphatic carbocycles. The molecule has 3 heterocycles. The van der Waals surface area contributed by atoms with Crippen LogP contribution < -0.4 is 4.90 Å². The number of imidazole rings is 1. The first-order valence-electron chi connectivity index (χ1n) is 7.86. The van der Waals surface area contributed by atoms with Crippen LogP contribution in [0.25, 0.3) is 16.7 Å². The van der Waals surface area contributed by atoms with Crippen LogP contribution in [-0.2, 0) is 0 Å². The van der Waals surface area contributed by atoms with Gasteiger partial charge >= 0.3 is 6.09 Å². The van der Waals surface area contributed by atoms with Gasteiger partial charge in [-0.2, -0.15) is 0 Å². The van der Waals surface area contributed by atoms with E-state index in [1.54, 1.807) is 22.7 Å². The summed E-state index contributed by atoms with van der Waals surface area (Å²) in [5.74, 6) is 0.231. The van der Waals surface area contributed by atoms with E-state index in [0.717, 1.165) is 11.1 Å². The average Bonchev–Trinajstić information content (AvgIpc) is 3.00. The first-order chi connectivity index (χ1) is 12.5. The van der Waals surface area contributed by atoms with Crippen molar-refractivity contribution in [3.05, 3.63) is 59.1 Å². The zero-order chi connectivity index (χ0) is 18.4. The number of pyridine rings is 1. The second-order valence-corrected chi connectivity index (χ2v) is 6.23. The Morgan fingerprint density at radius 3 is 2.58 bits per heavy atom. The topological polar surface area (TPSA) is 83.6 Å². The molecule has 8 heteroatoms. The summed E-state index contributed by atoms with van der Waals surface area (Å²) in [6.07, 6.45) is 1.99. The molecule has 0 aliphatic rings. The second-order valence-electron chi connectivity index (χ2n) is 5.89. The molecule has 0 spiro atoms. The van der Waals surface area contributed by atoms with Crippen LogP contribution in [0.2, 0.25) is 5.28 Å². The lowest BCUT2D eigenvalue weighted by Crippen LogP contribution is -2.27. The second kappa shape index (κ2) is 5.96. The molecule has 0 atom stereocenters. The smallest absolute Gasteiger partial charge is 0.417 e. The monoisotopic (exact) mass is 367 g/mol. The summed E-state index contributed by atoms with van der Waals surface area (Å²) >= 11 is 6.23. The number of benzene rings is 1. The van der Waals surface area contributed by atoms with Gasteiger partial charge in [0.1, 0.15) is 11.0 Å². The Morgan fingerprint density at radius 2 is 1.88 bits per heavy atom. The van der Waals surface area contributed by atoms with E-state index in [4.69, 9.17) is 11.6 Å². The zero-order valence-corrected chi connectivity index (χ0v) is 14.8. The van der Waals surface area contributed by atoms with Crippen LogP contribution in [0.1, 0.15) is 11.1 Å². The molecular formula is C18H14ClN5O2. The molecule has 4 aromatic rings. The number of aryl methyl sites for hydroxylation is 2.